The van der Waals surface area contributed by atoms with Crippen molar-refractivity contribution in [3.63, 3.8) is 0 Å². The van der Waals surface area contributed by atoms with Gasteiger partial charge in [0.1, 0.15) is 5.82 Å². The van der Waals surface area contributed by atoms with Crippen LogP contribution >= 0.6 is 0 Å². The van der Waals surface area contributed by atoms with Crippen molar-refractivity contribution >= 4 is 23.1 Å². The van der Waals surface area contributed by atoms with E-state index in [4.69, 9.17) is 14.5 Å². The largest absolute Gasteiger partial charge is 0.489 e. The Morgan fingerprint density at radius 2 is 1.87 bits per heavy atom. The number of carbonyl (C=O) groups is 1. The number of benzene rings is 1. The van der Waals surface area contributed by atoms with Crippen LogP contribution < -0.4 is 20.1 Å². The number of hydrogen-bond acceptors (Lipinski definition) is 7. The zero-order valence-corrected chi connectivity index (χ0v) is 21.7. The number of nitrogens with one attached hydrogen (secondary N) is 1. The number of likely N-dealkylation sites (N-methyl/N-ethyl adjacent to an activating group) is 1. The number of halogens is 1. The Bertz CT molecular complexity index is 1590. The second-order valence-corrected chi connectivity index (χ2v) is 9.59. The number of aromatic nitrogens is 4. The second-order valence-electron chi connectivity index (χ2n) is 9.59. The van der Waals surface area contributed by atoms with Crippen molar-refractivity contribution in [3.8, 4) is 17.3 Å². The molecule has 2 aliphatic heterocycles. The topological polar surface area (TPSA) is 108 Å². The van der Waals surface area contributed by atoms with Crippen LogP contribution in [-0.4, -0.2) is 83.8 Å². The minimum atomic E-state index is -0.412. The molecule has 1 aromatic carbocycles. The van der Waals surface area contributed by atoms with Gasteiger partial charge < -0.3 is 24.3 Å². The lowest BCUT2D eigenvalue weighted by Gasteiger charge is -2.30. The molecule has 0 aliphatic carbocycles. The number of fused-ring (bicyclic) bond motifs is 1. The predicted molar refractivity (Wildman–Crippen MR) is 143 cm³/mol. The number of rotatable bonds is 6. The molecule has 0 unspecified atom stereocenters. The van der Waals surface area contributed by atoms with Crippen LogP contribution in [0.3, 0.4) is 0 Å². The summed E-state index contributed by atoms with van der Waals surface area (Å²) in [4.78, 5) is 44.8. The van der Waals surface area contributed by atoms with E-state index in [-0.39, 0.29) is 23.3 Å². The lowest BCUT2D eigenvalue weighted by atomic mass is 10.1. The number of H-pyrrole nitrogens is 1. The summed E-state index contributed by atoms with van der Waals surface area (Å²) in [6.07, 6.45) is 3.88. The van der Waals surface area contributed by atoms with Gasteiger partial charge in [0.2, 0.25) is 5.75 Å². The normalized spacial score (nSPS) is 16.0. The van der Waals surface area contributed by atoms with Gasteiger partial charge in [0, 0.05) is 57.7 Å². The summed E-state index contributed by atoms with van der Waals surface area (Å²) < 4.78 is 25.8. The van der Waals surface area contributed by atoms with Crippen molar-refractivity contribution in [2.24, 2.45) is 0 Å². The van der Waals surface area contributed by atoms with Crippen LogP contribution in [0.25, 0.3) is 17.2 Å². The molecule has 11 nitrogen and oxygen atoms in total. The van der Waals surface area contributed by atoms with Gasteiger partial charge in [-0.3, -0.25) is 14.1 Å². The highest BCUT2D eigenvalue weighted by molar-refractivity contribution is 5.98. The predicted octanol–water partition coefficient (Wildman–Crippen LogP) is 2.53. The fourth-order valence-corrected chi connectivity index (χ4v) is 4.99. The molecule has 6 rings (SSSR count). The first-order valence-corrected chi connectivity index (χ1v) is 12.7. The van der Waals surface area contributed by atoms with Crippen LogP contribution in [-0.2, 0) is 11.2 Å². The zero-order valence-electron chi connectivity index (χ0n) is 21.7. The average Bonchev–Trinajstić information content (AvgIpc) is 3.56. The van der Waals surface area contributed by atoms with Crippen LogP contribution in [0.2, 0.25) is 0 Å². The average molecular weight is 534 g/mol. The van der Waals surface area contributed by atoms with E-state index in [2.05, 4.69) is 14.9 Å². The molecule has 2 amide bonds. The second kappa shape index (κ2) is 10.0. The summed E-state index contributed by atoms with van der Waals surface area (Å²) >= 11 is 0. The van der Waals surface area contributed by atoms with Crippen molar-refractivity contribution < 1.29 is 18.7 Å². The SMILES string of the molecule is COc1c(-c2ncc(Cc3ccc(F)cc3)[nH]2)nc2c(N3CCN(C)C3=O)cc(N3CCOCC3)cn2c1=O. The summed E-state index contributed by atoms with van der Waals surface area (Å²) in [5.41, 5.74) is 3.15. The van der Waals surface area contributed by atoms with Crippen LogP contribution in [0.15, 0.2) is 47.5 Å². The molecule has 2 aliphatic rings. The van der Waals surface area contributed by atoms with Crippen molar-refractivity contribution in [3.05, 3.63) is 70.2 Å². The monoisotopic (exact) mass is 533 g/mol. The minimum Gasteiger partial charge on any atom is -0.489 e. The zero-order chi connectivity index (χ0) is 27.1. The number of urea groups is 1. The van der Waals surface area contributed by atoms with Crippen molar-refractivity contribution in [2.45, 2.75) is 6.42 Å². The van der Waals surface area contributed by atoms with Crippen LogP contribution in [0.1, 0.15) is 11.3 Å². The van der Waals surface area contributed by atoms with E-state index in [1.54, 1.807) is 41.4 Å². The third-order valence-corrected chi connectivity index (χ3v) is 7.10. The molecule has 0 spiro atoms. The molecule has 2 saturated heterocycles. The number of ether oxygens (including phenoxy) is 2. The molecule has 0 saturated carbocycles. The third-order valence-electron chi connectivity index (χ3n) is 7.10. The molecule has 3 aromatic heterocycles. The van der Waals surface area contributed by atoms with Crippen LogP contribution in [0.5, 0.6) is 5.75 Å². The van der Waals surface area contributed by atoms with Crippen molar-refractivity contribution in [1.82, 2.24) is 24.3 Å². The highest BCUT2D eigenvalue weighted by Gasteiger charge is 2.31. The standard InChI is InChI=1S/C27H28FN7O4/c1-32-7-8-34(27(32)37)21-14-20(33-9-11-39-12-10-33)16-35-25(21)31-22(23(38-2)26(35)36)24-29-15-19(30-24)13-17-3-5-18(28)6-4-17/h3-6,14-16H,7-13H2,1-2H3,(H,29,30). The number of anilines is 2. The number of hydrogen-bond donors (Lipinski definition) is 1. The molecule has 2 fully saturated rings. The van der Waals surface area contributed by atoms with E-state index in [0.717, 1.165) is 16.9 Å². The smallest absolute Gasteiger partial charge is 0.324 e. The van der Waals surface area contributed by atoms with Gasteiger partial charge in [0.15, 0.2) is 17.2 Å². The number of amides is 2. The fraction of sp³-hybridized carbons (Fsp3) is 0.333. The van der Waals surface area contributed by atoms with Crippen LogP contribution in [0, 0.1) is 5.82 Å². The van der Waals surface area contributed by atoms with E-state index in [9.17, 15) is 14.0 Å². The van der Waals surface area contributed by atoms with Gasteiger partial charge in [-0.25, -0.2) is 19.2 Å². The molecule has 0 atom stereocenters. The first-order chi connectivity index (χ1) is 18.9. The Kier molecular flexibility index (Phi) is 6.39. The number of nitrogens with zero attached hydrogens (tertiary/aromatic N) is 6. The first-order valence-electron chi connectivity index (χ1n) is 12.7. The number of pyridine rings is 1. The summed E-state index contributed by atoms with van der Waals surface area (Å²) in [6.45, 7) is 3.51. The van der Waals surface area contributed by atoms with Gasteiger partial charge in [-0.1, -0.05) is 12.1 Å². The maximum atomic E-state index is 13.8. The Labute approximate surface area is 223 Å². The molecule has 39 heavy (non-hydrogen) atoms. The molecular weight excluding hydrogens is 505 g/mol. The lowest BCUT2D eigenvalue weighted by Crippen LogP contribution is -2.37. The molecule has 1 N–H and O–H groups in total. The lowest BCUT2D eigenvalue weighted by molar-refractivity contribution is 0.122. The molecule has 202 valence electrons. The van der Waals surface area contributed by atoms with Crippen molar-refractivity contribution in [2.75, 3.05) is 63.4 Å². The number of imidazole rings is 1. The van der Waals surface area contributed by atoms with E-state index < -0.39 is 5.56 Å². The van der Waals surface area contributed by atoms with E-state index in [1.165, 1.54) is 23.6 Å². The summed E-state index contributed by atoms with van der Waals surface area (Å²) in [7, 11) is 3.16. The van der Waals surface area contributed by atoms with E-state index >= 15 is 0 Å². The quantitative estimate of drug-likeness (QED) is 0.406. The minimum absolute atomic E-state index is 0.0325. The van der Waals surface area contributed by atoms with Gasteiger partial charge in [-0.15, -0.1) is 0 Å². The van der Waals surface area contributed by atoms with Crippen molar-refractivity contribution in [1.29, 1.82) is 0 Å². The Morgan fingerprint density at radius 1 is 1.10 bits per heavy atom. The van der Waals surface area contributed by atoms with Gasteiger partial charge in [-0.2, -0.15) is 0 Å². The number of morpholine rings is 1. The third kappa shape index (κ3) is 4.56. The Balaban J connectivity index is 1.48. The molecular formula is C27H28FN7O4. The first kappa shape index (κ1) is 24.9. The van der Waals surface area contributed by atoms with Gasteiger partial charge in [-0.05, 0) is 23.8 Å². The van der Waals surface area contributed by atoms with Gasteiger partial charge >= 0.3 is 11.6 Å². The maximum absolute atomic E-state index is 13.8. The molecule has 4 aromatic rings. The molecule has 0 radical (unpaired) electrons. The van der Waals surface area contributed by atoms with Gasteiger partial charge in [0.05, 0.1) is 31.7 Å². The summed E-state index contributed by atoms with van der Waals surface area (Å²) in [5.74, 6) is 0.0895. The Hall–Kier alpha value is -4.45. The molecule has 12 heteroatoms. The summed E-state index contributed by atoms with van der Waals surface area (Å²) in [5, 5.41) is 0. The molecule has 0 bridgehead atoms. The molecule has 5 heterocycles. The maximum Gasteiger partial charge on any atom is 0.324 e. The van der Waals surface area contributed by atoms with Crippen LogP contribution in [0.4, 0.5) is 20.6 Å². The summed E-state index contributed by atoms with van der Waals surface area (Å²) in [6, 6.07) is 7.97. The highest BCUT2D eigenvalue weighted by Crippen LogP contribution is 2.32. The van der Waals surface area contributed by atoms with E-state index in [0.29, 0.717) is 63.0 Å². The Morgan fingerprint density at radius 3 is 2.56 bits per heavy atom. The number of aromatic amines is 1. The fourth-order valence-electron chi connectivity index (χ4n) is 4.99. The number of methoxy groups -OCH3 is 1. The van der Waals surface area contributed by atoms with Gasteiger partial charge in [0.25, 0.3) is 0 Å². The number of carbonyl (C=O) groups excluding carboxylic acids is 1. The van der Waals surface area contributed by atoms with E-state index in [1.807, 2.05) is 6.07 Å². The highest BCUT2D eigenvalue weighted by atomic mass is 19.1.